The zero-order valence-corrected chi connectivity index (χ0v) is 11.9. The Morgan fingerprint density at radius 2 is 1.79 bits per heavy atom. The van der Waals surface area contributed by atoms with E-state index in [-0.39, 0.29) is 4.90 Å². The molecule has 100 valence electrons. The zero-order valence-electron chi connectivity index (χ0n) is 11.1. The van der Waals surface area contributed by atoms with Gasteiger partial charge in [0.1, 0.15) is 7.05 Å². The quantitative estimate of drug-likeness (QED) is 0.675. The molecule has 0 saturated carbocycles. The van der Waals surface area contributed by atoms with Crippen LogP contribution in [0.2, 0.25) is 0 Å². The summed E-state index contributed by atoms with van der Waals surface area (Å²) in [5.74, 6) is 0. The summed E-state index contributed by atoms with van der Waals surface area (Å²) in [5, 5.41) is 0. The van der Waals surface area contributed by atoms with Crippen LogP contribution in [0, 0.1) is 13.8 Å². The molecule has 0 saturated heterocycles. The average molecular weight is 278 g/mol. The maximum atomic E-state index is 11.2. The fourth-order valence-electron chi connectivity index (χ4n) is 1.91. The topological polar surface area (TPSA) is 58.3 Å². The minimum atomic E-state index is -4.18. The van der Waals surface area contributed by atoms with Crippen molar-refractivity contribution in [3.8, 4) is 11.1 Å². The highest BCUT2D eigenvalue weighted by Gasteiger charge is 2.14. The molecule has 2 rings (SSSR count). The van der Waals surface area contributed by atoms with E-state index in [0.717, 1.165) is 22.4 Å². The van der Waals surface area contributed by atoms with Crippen LogP contribution in [-0.4, -0.2) is 13.0 Å². The average Bonchev–Trinajstić information content (AvgIpc) is 2.32. The molecule has 0 bridgehead atoms. The summed E-state index contributed by atoms with van der Waals surface area (Å²) in [7, 11) is -2.24. The number of aromatic nitrogens is 1. The number of hydrogen-bond acceptors (Lipinski definition) is 2. The van der Waals surface area contributed by atoms with E-state index in [9.17, 15) is 8.42 Å². The number of rotatable bonds is 2. The van der Waals surface area contributed by atoms with Gasteiger partial charge in [0.15, 0.2) is 11.9 Å². The van der Waals surface area contributed by atoms with Gasteiger partial charge in [-0.1, -0.05) is 6.07 Å². The number of nitrogens with zero attached hydrogens (tertiary/aromatic N) is 1. The first-order chi connectivity index (χ1) is 8.79. The van der Waals surface area contributed by atoms with Crippen LogP contribution in [0.15, 0.2) is 41.4 Å². The van der Waals surface area contributed by atoms with E-state index in [1.165, 1.54) is 12.1 Å². The third-order valence-electron chi connectivity index (χ3n) is 3.21. The highest BCUT2D eigenvalue weighted by molar-refractivity contribution is 7.85. The molecule has 1 aromatic carbocycles. The van der Waals surface area contributed by atoms with Crippen LogP contribution < -0.4 is 4.57 Å². The molecule has 0 radical (unpaired) electrons. The van der Waals surface area contributed by atoms with Gasteiger partial charge in [0.25, 0.3) is 10.1 Å². The standard InChI is InChI=1S/C14H15NO3S/c1-10-4-7-13(19(16,17)18)8-14(10)12-6-5-11(2)15(3)9-12/h4-9H,1-3H3/p+1. The minimum absolute atomic E-state index is 0.0867. The molecular weight excluding hydrogens is 262 g/mol. The summed E-state index contributed by atoms with van der Waals surface area (Å²) in [5.41, 5.74) is 3.77. The largest absolute Gasteiger partial charge is 0.294 e. The van der Waals surface area contributed by atoms with Gasteiger partial charge in [-0.05, 0) is 36.2 Å². The van der Waals surface area contributed by atoms with E-state index in [1.54, 1.807) is 6.07 Å². The van der Waals surface area contributed by atoms with Gasteiger partial charge >= 0.3 is 0 Å². The van der Waals surface area contributed by atoms with Gasteiger partial charge < -0.3 is 0 Å². The Morgan fingerprint density at radius 1 is 1.11 bits per heavy atom. The van der Waals surface area contributed by atoms with E-state index in [0.29, 0.717) is 0 Å². The number of hydrogen-bond donors (Lipinski definition) is 1. The van der Waals surface area contributed by atoms with Crippen molar-refractivity contribution in [3.05, 3.63) is 47.8 Å². The molecule has 5 heteroatoms. The second-order valence-electron chi connectivity index (χ2n) is 4.62. The van der Waals surface area contributed by atoms with Gasteiger partial charge in [-0.15, -0.1) is 0 Å². The Labute approximate surface area is 113 Å². The summed E-state index contributed by atoms with van der Waals surface area (Å²) in [6.45, 7) is 3.90. The summed E-state index contributed by atoms with van der Waals surface area (Å²) in [6, 6.07) is 8.50. The van der Waals surface area contributed by atoms with E-state index in [1.807, 2.05) is 43.8 Å². The second-order valence-corrected chi connectivity index (χ2v) is 6.04. The van der Waals surface area contributed by atoms with E-state index in [2.05, 4.69) is 0 Å². The molecule has 0 unspecified atom stereocenters. The third kappa shape index (κ3) is 2.83. The molecule has 0 aliphatic rings. The molecule has 1 N–H and O–H groups in total. The zero-order chi connectivity index (χ0) is 14.2. The van der Waals surface area contributed by atoms with E-state index in [4.69, 9.17) is 4.55 Å². The first-order valence-electron chi connectivity index (χ1n) is 5.84. The SMILES string of the molecule is Cc1ccc(S(=O)(=O)O)cc1-c1ccc(C)[n+](C)c1. The van der Waals surface area contributed by atoms with Crippen LogP contribution in [0.5, 0.6) is 0 Å². The van der Waals surface area contributed by atoms with Crippen molar-refractivity contribution in [1.82, 2.24) is 0 Å². The lowest BCUT2D eigenvalue weighted by Gasteiger charge is -2.07. The number of benzene rings is 1. The van der Waals surface area contributed by atoms with Gasteiger partial charge in [0.05, 0.1) is 4.90 Å². The molecule has 0 amide bonds. The Kier molecular flexibility index (Phi) is 3.43. The molecule has 0 spiro atoms. The fraction of sp³-hybridized carbons (Fsp3) is 0.214. The summed E-state index contributed by atoms with van der Waals surface area (Å²) in [4.78, 5) is -0.0867. The van der Waals surface area contributed by atoms with E-state index >= 15 is 0 Å². The Morgan fingerprint density at radius 3 is 2.37 bits per heavy atom. The minimum Gasteiger partial charge on any atom is -0.282 e. The normalized spacial score (nSPS) is 11.6. The third-order valence-corrected chi connectivity index (χ3v) is 4.06. The van der Waals surface area contributed by atoms with Crippen LogP contribution in [0.4, 0.5) is 0 Å². The molecule has 1 aromatic heterocycles. The van der Waals surface area contributed by atoms with Gasteiger partial charge in [-0.3, -0.25) is 4.55 Å². The number of aryl methyl sites for hydroxylation is 3. The molecule has 4 nitrogen and oxygen atoms in total. The lowest BCUT2D eigenvalue weighted by atomic mass is 10.0. The van der Waals surface area contributed by atoms with Crippen LogP contribution in [0.25, 0.3) is 11.1 Å². The Hall–Kier alpha value is -1.72. The van der Waals surface area contributed by atoms with Crippen LogP contribution in [0.3, 0.4) is 0 Å². The van der Waals surface area contributed by atoms with Crippen LogP contribution >= 0.6 is 0 Å². The van der Waals surface area contributed by atoms with Crippen molar-refractivity contribution in [2.75, 3.05) is 0 Å². The molecule has 0 fully saturated rings. The van der Waals surface area contributed by atoms with Gasteiger partial charge in [0.2, 0.25) is 0 Å². The van der Waals surface area contributed by atoms with Crippen LogP contribution in [0.1, 0.15) is 11.3 Å². The molecule has 0 atom stereocenters. The molecule has 0 aliphatic carbocycles. The first-order valence-corrected chi connectivity index (χ1v) is 7.28. The first kappa shape index (κ1) is 13.7. The fourth-order valence-corrected chi connectivity index (χ4v) is 2.42. The summed E-state index contributed by atoms with van der Waals surface area (Å²) in [6.07, 6.45) is 1.94. The predicted octanol–water partition coefficient (Wildman–Crippen LogP) is 2.04. The van der Waals surface area contributed by atoms with Crippen molar-refractivity contribution in [2.45, 2.75) is 18.7 Å². The van der Waals surface area contributed by atoms with Gasteiger partial charge in [-0.2, -0.15) is 8.42 Å². The van der Waals surface area contributed by atoms with Crippen molar-refractivity contribution < 1.29 is 17.5 Å². The number of pyridine rings is 1. The van der Waals surface area contributed by atoms with Crippen LogP contribution in [-0.2, 0) is 17.2 Å². The molecule has 2 aromatic rings. The summed E-state index contributed by atoms with van der Waals surface area (Å²) >= 11 is 0. The maximum absolute atomic E-state index is 11.2. The van der Waals surface area contributed by atoms with Crippen molar-refractivity contribution in [2.24, 2.45) is 7.05 Å². The van der Waals surface area contributed by atoms with Gasteiger partial charge in [0, 0.05) is 18.6 Å². The molecule has 0 aliphatic heterocycles. The lowest BCUT2D eigenvalue weighted by Crippen LogP contribution is -2.31. The monoisotopic (exact) mass is 278 g/mol. The van der Waals surface area contributed by atoms with Crippen molar-refractivity contribution >= 4 is 10.1 Å². The predicted molar refractivity (Wildman–Crippen MR) is 72.3 cm³/mol. The highest BCUT2D eigenvalue weighted by atomic mass is 32.2. The maximum Gasteiger partial charge on any atom is 0.294 e. The molecule has 1 heterocycles. The Bertz CT molecular complexity index is 736. The van der Waals surface area contributed by atoms with E-state index < -0.39 is 10.1 Å². The smallest absolute Gasteiger partial charge is 0.282 e. The second kappa shape index (κ2) is 4.75. The molecule has 19 heavy (non-hydrogen) atoms. The van der Waals surface area contributed by atoms with Gasteiger partial charge in [-0.25, -0.2) is 4.57 Å². The summed E-state index contributed by atoms with van der Waals surface area (Å²) < 4.78 is 33.5. The highest BCUT2D eigenvalue weighted by Crippen LogP contribution is 2.25. The lowest BCUT2D eigenvalue weighted by molar-refractivity contribution is -0.677. The molecular formula is C14H16NO3S+. The van der Waals surface area contributed by atoms with Crippen molar-refractivity contribution in [1.29, 1.82) is 0 Å². The van der Waals surface area contributed by atoms with Crippen molar-refractivity contribution in [3.63, 3.8) is 0 Å². The Balaban J connectivity index is 2.64.